The predicted octanol–water partition coefficient (Wildman–Crippen LogP) is 4.25. The first-order chi connectivity index (χ1) is 9.19. The smallest absolute Gasteiger partial charge is 0.299 e. The minimum atomic E-state index is 0.494. The van der Waals surface area contributed by atoms with Crippen LogP contribution in [0.5, 0.6) is 10.9 Å². The number of benzene rings is 1. The van der Waals surface area contributed by atoms with Crippen LogP contribution >= 0.6 is 38.9 Å². The van der Waals surface area contributed by atoms with Gasteiger partial charge in [-0.05, 0) is 31.2 Å². The van der Waals surface area contributed by atoms with Crippen molar-refractivity contribution < 1.29 is 4.74 Å². The van der Waals surface area contributed by atoms with Crippen molar-refractivity contribution in [3.8, 4) is 10.9 Å². The molecule has 1 aromatic heterocycles. The molecule has 2 aromatic rings. The van der Waals surface area contributed by atoms with E-state index in [-0.39, 0.29) is 0 Å². The normalized spacial score (nSPS) is 10.7. The fourth-order valence-corrected chi connectivity index (χ4v) is 2.54. The molecule has 0 amide bonds. The molecule has 0 aliphatic heterocycles. The lowest BCUT2D eigenvalue weighted by Crippen LogP contribution is -2.13. The lowest BCUT2D eigenvalue weighted by Gasteiger charge is -2.03. The van der Waals surface area contributed by atoms with Gasteiger partial charge in [0.1, 0.15) is 10.8 Å². The van der Waals surface area contributed by atoms with Crippen LogP contribution in [-0.2, 0) is 6.54 Å². The summed E-state index contributed by atoms with van der Waals surface area (Å²) in [7, 11) is 0. The third kappa shape index (κ3) is 4.42. The van der Waals surface area contributed by atoms with Gasteiger partial charge in [0, 0.05) is 11.0 Å². The number of hydrogen-bond donors (Lipinski definition) is 1. The Bertz CT molecular complexity index is 550. The summed E-state index contributed by atoms with van der Waals surface area (Å²) < 4.78 is 6.54. The summed E-state index contributed by atoms with van der Waals surface area (Å²) in [5.41, 5.74) is 0. The molecule has 4 nitrogen and oxygen atoms in total. The Kier molecular flexibility index (Phi) is 5.57. The Morgan fingerprint density at radius 1 is 1.42 bits per heavy atom. The van der Waals surface area contributed by atoms with E-state index in [0.29, 0.717) is 22.5 Å². The zero-order chi connectivity index (χ0) is 13.7. The van der Waals surface area contributed by atoms with Crippen molar-refractivity contribution in [3.05, 3.63) is 32.7 Å². The molecule has 0 bridgehead atoms. The highest BCUT2D eigenvalue weighted by atomic mass is 79.9. The van der Waals surface area contributed by atoms with Gasteiger partial charge in [-0.25, -0.2) is 0 Å². The van der Waals surface area contributed by atoms with Gasteiger partial charge in [-0.3, -0.25) is 0 Å². The SMILES string of the molecule is CCCNCc1nnc(Oc2cc(Br)ccc2Cl)s1. The van der Waals surface area contributed by atoms with Gasteiger partial charge in [-0.1, -0.05) is 50.9 Å². The molecule has 0 spiro atoms. The van der Waals surface area contributed by atoms with Gasteiger partial charge in [-0.2, -0.15) is 0 Å². The van der Waals surface area contributed by atoms with Gasteiger partial charge in [0.05, 0.1) is 5.02 Å². The standard InChI is InChI=1S/C12H13BrClN3OS/c1-2-5-15-7-11-16-17-12(19-11)18-10-6-8(13)3-4-9(10)14/h3-4,6,15H,2,5,7H2,1H3. The van der Waals surface area contributed by atoms with Crippen LogP contribution in [-0.4, -0.2) is 16.7 Å². The average Bonchev–Trinajstić information content (AvgIpc) is 2.82. The van der Waals surface area contributed by atoms with Crippen LogP contribution < -0.4 is 10.1 Å². The molecular weight excluding hydrogens is 350 g/mol. The zero-order valence-electron chi connectivity index (χ0n) is 10.3. The molecule has 0 radical (unpaired) electrons. The molecule has 0 aliphatic carbocycles. The van der Waals surface area contributed by atoms with Gasteiger partial charge in [-0.15, -0.1) is 5.10 Å². The van der Waals surface area contributed by atoms with Crippen molar-refractivity contribution >= 4 is 38.9 Å². The fourth-order valence-electron chi connectivity index (χ4n) is 1.37. The Labute approximate surface area is 129 Å². The maximum atomic E-state index is 6.05. The summed E-state index contributed by atoms with van der Waals surface area (Å²) in [5, 5.41) is 13.3. The van der Waals surface area contributed by atoms with E-state index < -0.39 is 0 Å². The number of hydrogen-bond acceptors (Lipinski definition) is 5. The molecular formula is C12H13BrClN3OS. The van der Waals surface area contributed by atoms with E-state index in [4.69, 9.17) is 16.3 Å². The highest BCUT2D eigenvalue weighted by molar-refractivity contribution is 9.10. The quantitative estimate of drug-likeness (QED) is 0.781. The summed E-state index contributed by atoms with van der Waals surface area (Å²) >= 11 is 10.8. The van der Waals surface area contributed by atoms with Gasteiger partial charge in [0.15, 0.2) is 0 Å². The number of nitrogens with zero attached hydrogens (tertiary/aromatic N) is 2. The molecule has 1 aromatic carbocycles. The minimum Gasteiger partial charge on any atom is -0.428 e. The summed E-state index contributed by atoms with van der Waals surface area (Å²) in [4.78, 5) is 0. The summed E-state index contributed by atoms with van der Waals surface area (Å²) in [6.07, 6.45) is 1.09. The van der Waals surface area contributed by atoms with Gasteiger partial charge >= 0.3 is 0 Å². The molecule has 1 heterocycles. The van der Waals surface area contributed by atoms with E-state index in [0.717, 1.165) is 22.4 Å². The van der Waals surface area contributed by atoms with E-state index in [1.54, 1.807) is 12.1 Å². The molecule has 7 heteroatoms. The largest absolute Gasteiger partial charge is 0.428 e. The maximum Gasteiger partial charge on any atom is 0.299 e. The Balaban J connectivity index is 2.01. The van der Waals surface area contributed by atoms with E-state index in [1.165, 1.54) is 11.3 Å². The van der Waals surface area contributed by atoms with Crippen molar-refractivity contribution in [2.24, 2.45) is 0 Å². The molecule has 0 atom stereocenters. The average molecular weight is 363 g/mol. The summed E-state index contributed by atoms with van der Waals surface area (Å²) in [5.74, 6) is 0.570. The van der Waals surface area contributed by atoms with Crippen molar-refractivity contribution in [1.82, 2.24) is 15.5 Å². The maximum absolute atomic E-state index is 6.05. The monoisotopic (exact) mass is 361 g/mol. The van der Waals surface area contributed by atoms with Crippen LogP contribution in [0.3, 0.4) is 0 Å². The Hall–Kier alpha value is -0.690. The molecule has 0 saturated heterocycles. The number of rotatable bonds is 6. The van der Waals surface area contributed by atoms with Crippen molar-refractivity contribution in [3.63, 3.8) is 0 Å². The highest BCUT2D eigenvalue weighted by Gasteiger charge is 2.09. The number of ether oxygens (including phenoxy) is 1. The van der Waals surface area contributed by atoms with E-state index >= 15 is 0 Å². The van der Waals surface area contributed by atoms with Gasteiger partial charge in [0.2, 0.25) is 0 Å². The first-order valence-electron chi connectivity index (χ1n) is 5.85. The predicted molar refractivity (Wildman–Crippen MR) is 81.1 cm³/mol. The molecule has 19 heavy (non-hydrogen) atoms. The fraction of sp³-hybridized carbons (Fsp3) is 0.333. The van der Waals surface area contributed by atoms with Crippen LogP contribution in [0.2, 0.25) is 5.02 Å². The second-order valence-corrected chi connectivity index (χ2v) is 6.16. The molecule has 102 valence electrons. The first-order valence-corrected chi connectivity index (χ1v) is 7.83. The number of halogens is 2. The van der Waals surface area contributed by atoms with E-state index in [2.05, 4.69) is 38.4 Å². The third-order valence-corrected chi connectivity index (χ3v) is 3.85. The lowest BCUT2D eigenvalue weighted by molar-refractivity contribution is 0.473. The van der Waals surface area contributed by atoms with Crippen LogP contribution in [0.1, 0.15) is 18.4 Å². The van der Waals surface area contributed by atoms with E-state index in [1.807, 2.05) is 6.07 Å². The van der Waals surface area contributed by atoms with Gasteiger partial charge in [0.25, 0.3) is 5.19 Å². The molecule has 1 N–H and O–H groups in total. The van der Waals surface area contributed by atoms with Crippen LogP contribution in [0, 0.1) is 0 Å². The van der Waals surface area contributed by atoms with Crippen LogP contribution in [0.25, 0.3) is 0 Å². The highest BCUT2D eigenvalue weighted by Crippen LogP contribution is 2.33. The summed E-state index contributed by atoms with van der Waals surface area (Å²) in [6, 6.07) is 5.43. The summed E-state index contributed by atoms with van der Waals surface area (Å²) in [6.45, 7) is 3.80. The van der Waals surface area contributed by atoms with Crippen LogP contribution in [0.4, 0.5) is 0 Å². The molecule has 0 unspecified atom stereocenters. The van der Waals surface area contributed by atoms with Gasteiger partial charge < -0.3 is 10.1 Å². The van der Waals surface area contributed by atoms with Crippen molar-refractivity contribution in [1.29, 1.82) is 0 Å². The zero-order valence-corrected chi connectivity index (χ0v) is 13.5. The van der Waals surface area contributed by atoms with Crippen molar-refractivity contribution in [2.75, 3.05) is 6.54 Å². The molecule has 0 aliphatic rings. The second-order valence-electron chi connectivity index (χ2n) is 3.82. The van der Waals surface area contributed by atoms with Crippen molar-refractivity contribution in [2.45, 2.75) is 19.9 Å². The molecule has 0 fully saturated rings. The molecule has 2 rings (SSSR count). The lowest BCUT2D eigenvalue weighted by atomic mass is 10.3. The number of nitrogens with one attached hydrogen (secondary N) is 1. The molecule has 0 saturated carbocycles. The minimum absolute atomic E-state index is 0.494. The topological polar surface area (TPSA) is 47.0 Å². The Morgan fingerprint density at radius 2 is 2.26 bits per heavy atom. The number of aromatic nitrogens is 2. The van der Waals surface area contributed by atoms with Crippen LogP contribution in [0.15, 0.2) is 22.7 Å². The third-order valence-electron chi connectivity index (χ3n) is 2.24. The van der Waals surface area contributed by atoms with E-state index in [9.17, 15) is 0 Å². The first kappa shape index (κ1) is 14.7. The Morgan fingerprint density at radius 3 is 3.05 bits per heavy atom. The second kappa shape index (κ2) is 7.19.